The second-order valence-electron chi connectivity index (χ2n) is 4.99. The Morgan fingerprint density at radius 2 is 2.19 bits per heavy atom. The highest BCUT2D eigenvalue weighted by atomic mass is 35.5. The minimum absolute atomic E-state index is 0.335. The quantitative estimate of drug-likeness (QED) is 0.675. The van der Waals surface area contributed by atoms with Gasteiger partial charge in [0.2, 0.25) is 0 Å². The third-order valence-corrected chi connectivity index (χ3v) is 4.72. The van der Waals surface area contributed by atoms with Gasteiger partial charge in [-0.15, -0.1) is 11.6 Å². The summed E-state index contributed by atoms with van der Waals surface area (Å²) in [6, 6.07) is 6.57. The molecule has 0 saturated heterocycles. The van der Waals surface area contributed by atoms with Gasteiger partial charge in [-0.05, 0) is 35.8 Å². The van der Waals surface area contributed by atoms with Gasteiger partial charge in [-0.2, -0.15) is 0 Å². The summed E-state index contributed by atoms with van der Waals surface area (Å²) in [4.78, 5) is 0. The van der Waals surface area contributed by atoms with Crippen molar-refractivity contribution in [2.75, 3.05) is 6.61 Å². The van der Waals surface area contributed by atoms with Gasteiger partial charge in [0.05, 0.1) is 6.61 Å². The smallest absolute Gasteiger partial charge is 0.126 e. The van der Waals surface area contributed by atoms with Gasteiger partial charge in [-0.3, -0.25) is 0 Å². The first-order valence-corrected chi connectivity index (χ1v) is 6.59. The van der Waals surface area contributed by atoms with Gasteiger partial charge >= 0.3 is 0 Å². The minimum atomic E-state index is 0.335. The molecule has 2 heteroatoms. The van der Waals surface area contributed by atoms with Crippen molar-refractivity contribution in [1.29, 1.82) is 0 Å². The predicted molar refractivity (Wildman–Crippen MR) is 66.4 cm³/mol. The van der Waals surface area contributed by atoms with Crippen LogP contribution >= 0.6 is 11.6 Å². The third kappa shape index (κ3) is 1.53. The van der Waals surface area contributed by atoms with Crippen LogP contribution in [0.15, 0.2) is 18.2 Å². The van der Waals surface area contributed by atoms with Crippen molar-refractivity contribution < 1.29 is 4.74 Å². The molecule has 0 aromatic heterocycles. The van der Waals surface area contributed by atoms with Crippen LogP contribution in [0, 0.1) is 5.92 Å². The Labute approximate surface area is 102 Å². The maximum atomic E-state index is 6.32. The van der Waals surface area contributed by atoms with E-state index >= 15 is 0 Å². The number of fused-ring (bicyclic) bond motifs is 1. The van der Waals surface area contributed by atoms with Crippen LogP contribution in [0.1, 0.15) is 36.8 Å². The van der Waals surface area contributed by atoms with E-state index in [0.29, 0.717) is 17.2 Å². The minimum Gasteiger partial charge on any atom is -0.493 e. The number of hydrogen-bond acceptors (Lipinski definition) is 1. The summed E-state index contributed by atoms with van der Waals surface area (Å²) in [5.74, 6) is 2.32. The van der Waals surface area contributed by atoms with E-state index in [-0.39, 0.29) is 0 Å². The molecule has 0 N–H and O–H groups in total. The molecule has 2 aliphatic rings. The van der Waals surface area contributed by atoms with Crippen LogP contribution < -0.4 is 4.74 Å². The van der Waals surface area contributed by atoms with Crippen LogP contribution in [-0.4, -0.2) is 12.0 Å². The molecule has 1 aliphatic heterocycles. The second-order valence-corrected chi connectivity index (χ2v) is 5.55. The molecule has 86 valence electrons. The zero-order chi connectivity index (χ0) is 11.1. The fourth-order valence-electron chi connectivity index (χ4n) is 3.09. The molecule has 3 atom stereocenters. The van der Waals surface area contributed by atoms with Crippen LogP contribution in [0.4, 0.5) is 0 Å². The van der Waals surface area contributed by atoms with Crippen molar-refractivity contribution in [2.24, 2.45) is 5.92 Å². The Morgan fingerprint density at radius 3 is 2.94 bits per heavy atom. The van der Waals surface area contributed by atoms with Crippen molar-refractivity contribution in [3.8, 4) is 5.75 Å². The summed E-state index contributed by atoms with van der Waals surface area (Å²) in [7, 11) is 0. The lowest BCUT2D eigenvalue weighted by Crippen LogP contribution is -2.10. The number of benzene rings is 1. The second kappa shape index (κ2) is 3.96. The Balaban J connectivity index is 1.98. The van der Waals surface area contributed by atoms with Gasteiger partial charge in [-0.25, -0.2) is 0 Å². The average Bonchev–Trinajstić information content (AvgIpc) is 2.87. The van der Waals surface area contributed by atoms with E-state index in [9.17, 15) is 0 Å². The fourth-order valence-corrected chi connectivity index (χ4v) is 3.39. The van der Waals surface area contributed by atoms with Gasteiger partial charge in [0.1, 0.15) is 5.75 Å². The van der Waals surface area contributed by atoms with E-state index in [0.717, 1.165) is 25.2 Å². The van der Waals surface area contributed by atoms with Crippen molar-refractivity contribution in [2.45, 2.75) is 37.5 Å². The molecule has 1 aliphatic carbocycles. The van der Waals surface area contributed by atoms with E-state index in [1.807, 2.05) is 0 Å². The van der Waals surface area contributed by atoms with Crippen LogP contribution in [0.25, 0.3) is 0 Å². The SMILES string of the molecule is CC1C(Cl)CCC1c1cccc2c1OCC2. The zero-order valence-corrected chi connectivity index (χ0v) is 10.3. The molecule has 0 amide bonds. The first-order chi connectivity index (χ1) is 7.77. The van der Waals surface area contributed by atoms with E-state index in [2.05, 4.69) is 25.1 Å². The molecule has 1 heterocycles. The average molecular weight is 237 g/mol. The summed E-state index contributed by atoms with van der Waals surface area (Å²) in [5.41, 5.74) is 2.77. The molecule has 16 heavy (non-hydrogen) atoms. The maximum Gasteiger partial charge on any atom is 0.126 e. The largest absolute Gasteiger partial charge is 0.493 e. The zero-order valence-electron chi connectivity index (χ0n) is 9.58. The van der Waals surface area contributed by atoms with E-state index in [4.69, 9.17) is 16.3 Å². The first kappa shape index (κ1) is 10.5. The molecule has 0 spiro atoms. The molecule has 3 rings (SSSR count). The standard InChI is InChI=1S/C14H17ClO/c1-9-11(5-6-13(9)15)12-4-2-3-10-7-8-16-14(10)12/h2-4,9,11,13H,5-8H2,1H3. The first-order valence-electron chi connectivity index (χ1n) is 6.16. The van der Waals surface area contributed by atoms with Crippen LogP contribution in [0.2, 0.25) is 0 Å². The maximum absolute atomic E-state index is 6.32. The summed E-state index contributed by atoms with van der Waals surface area (Å²) < 4.78 is 5.78. The Kier molecular flexibility index (Phi) is 2.59. The Bertz CT molecular complexity index is 402. The van der Waals surface area contributed by atoms with Crippen LogP contribution in [0.3, 0.4) is 0 Å². The Hall–Kier alpha value is -0.690. The van der Waals surface area contributed by atoms with Gasteiger partial charge < -0.3 is 4.74 Å². The predicted octanol–water partition coefficient (Wildman–Crippen LogP) is 3.74. The normalized spacial score (nSPS) is 32.5. The topological polar surface area (TPSA) is 9.23 Å². The lowest BCUT2D eigenvalue weighted by atomic mass is 9.88. The highest BCUT2D eigenvalue weighted by Gasteiger charge is 2.35. The summed E-state index contributed by atoms with van der Waals surface area (Å²) >= 11 is 6.32. The van der Waals surface area contributed by atoms with Gasteiger partial charge in [0.15, 0.2) is 0 Å². The molecule has 1 aromatic carbocycles. The van der Waals surface area contributed by atoms with Gasteiger partial charge in [0, 0.05) is 11.8 Å². The molecule has 3 unspecified atom stereocenters. The number of ether oxygens (including phenoxy) is 1. The molecule has 1 nitrogen and oxygen atoms in total. The number of rotatable bonds is 1. The number of para-hydroxylation sites is 1. The third-order valence-electron chi connectivity index (χ3n) is 4.10. The van der Waals surface area contributed by atoms with E-state index in [1.165, 1.54) is 17.5 Å². The molecule has 0 bridgehead atoms. The van der Waals surface area contributed by atoms with Crippen molar-refractivity contribution >= 4 is 11.6 Å². The van der Waals surface area contributed by atoms with Crippen LogP contribution in [0.5, 0.6) is 5.75 Å². The molecular weight excluding hydrogens is 220 g/mol. The number of hydrogen-bond donors (Lipinski definition) is 0. The highest BCUT2D eigenvalue weighted by Crippen LogP contribution is 2.46. The number of halogens is 1. The summed E-state index contributed by atoms with van der Waals surface area (Å²) in [5, 5.41) is 0.335. The lowest BCUT2D eigenvalue weighted by molar-refractivity contribution is 0.348. The summed E-state index contributed by atoms with van der Waals surface area (Å²) in [6.07, 6.45) is 3.40. The monoisotopic (exact) mass is 236 g/mol. The fraction of sp³-hybridized carbons (Fsp3) is 0.571. The summed E-state index contributed by atoms with van der Waals surface area (Å²) in [6.45, 7) is 3.11. The number of alkyl halides is 1. The lowest BCUT2D eigenvalue weighted by Gasteiger charge is -2.19. The molecule has 1 saturated carbocycles. The van der Waals surface area contributed by atoms with Gasteiger partial charge in [-0.1, -0.05) is 25.1 Å². The van der Waals surface area contributed by atoms with Crippen molar-refractivity contribution in [1.82, 2.24) is 0 Å². The Morgan fingerprint density at radius 1 is 1.31 bits per heavy atom. The van der Waals surface area contributed by atoms with Gasteiger partial charge in [0.25, 0.3) is 0 Å². The highest BCUT2D eigenvalue weighted by molar-refractivity contribution is 6.21. The molecule has 1 aromatic rings. The molecule has 0 radical (unpaired) electrons. The van der Waals surface area contributed by atoms with E-state index in [1.54, 1.807) is 0 Å². The van der Waals surface area contributed by atoms with Crippen LogP contribution in [-0.2, 0) is 6.42 Å². The molecular formula is C14H17ClO. The van der Waals surface area contributed by atoms with Crippen molar-refractivity contribution in [3.63, 3.8) is 0 Å². The van der Waals surface area contributed by atoms with E-state index < -0.39 is 0 Å². The van der Waals surface area contributed by atoms with Crippen molar-refractivity contribution in [3.05, 3.63) is 29.3 Å². The molecule has 1 fully saturated rings.